The second kappa shape index (κ2) is 8.63. The van der Waals surface area contributed by atoms with E-state index >= 15 is 0 Å². The van der Waals surface area contributed by atoms with Crippen LogP contribution in [0.25, 0.3) is 0 Å². The lowest BCUT2D eigenvalue weighted by molar-refractivity contribution is 0.233. The van der Waals surface area contributed by atoms with Crippen molar-refractivity contribution in [3.05, 3.63) is 23.3 Å². The molecule has 2 atom stereocenters. The van der Waals surface area contributed by atoms with Crippen LogP contribution in [-0.4, -0.2) is 25.4 Å². The second-order valence-electron chi connectivity index (χ2n) is 6.07. The first-order chi connectivity index (χ1) is 9.55. The molecule has 0 bridgehead atoms. The molecule has 1 aliphatic heterocycles. The van der Waals surface area contributed by atoms with Crippen LogP contribution in [0.1, 0.15) is 66.2 Å². The van der Waals surface area contributed by atoms with Crippen molar-refractivity contribution in [2.45, 2.75) is 77.9 Å². The quantitative estimate of drug-likeness (QED) is 0.413. The number of rotatable bonds is 10. The third-order valence-electron chi connectivity index (χ3n) is 4.49. The number of ether oxygens (including phenoxy) is 2. The van der Waals surface area contributed by atoms with E-state index in [0.717, 1.165) is 32.3 Å². The van der Waals surface area contributed by atoms with Gasteiger partial charge in [0.05, 0.1) is 18.3 Å². The van der Waals surface area contributed by atoms with Crippen molar-refractivity contribution in [3.63, 3.8) is 0 Å². The highest BCUT2D eigenvalue weighted by molar-refractivity contribution is 5.07. The number of hydrogen-bond acceptors (Lipinski definition) is 2. The van der Waals surface area contributed by atoms with Crippen LogP contribution in [0.4, 0.5) is 0 Å². The molecule has 0 radical (unpaired) electrons. The molecule has 0 amide bonds. The highest BCUT2D eigenvalue weighted by atomic mass is 16.6. The van der Waals surface area contributed by atoms with E-state index in [1.165, 1.54) is 18.4 Å². The van der Waals surface area contributed by atoms with E-state index in [4.69, 9.17) is 9.47 Å². The molecule has 1 rings (SSSR count). The Hall–Kier alpha value is -0.600. The maximum absolute atomic E-state index is 5.79. The van der Waals surface area contributed by atoms with Crippen LogP contribution < -0.4 is 0 Å². The van der Waals surface area contributed by atoms with Gasteiger partial charge in [0.1, 0.15) is 0 Å². The molecule has 0 aromatic rings. The monoisotopic (exact) mass is 280 g/mol. The molecule has 1 fully saturated rings. The van der Waals surface area contributed by atoms with Crippen molar-refractivity contribution in [3.8, 4) is 0 Å². The fourth-order valence-corrected chi connectivity index (χ4v) is 2.54. The Labute approximate surface area is 125 Å². The van der Waals surface area contributed by atoms with Gasteiger partial charge in [0.2, 0.25) is 0 Å². The highest BCUT2D eigenvalue weighted by Gasteiger charge is 2.49. The van der Waals surface area contributed by atoms with Gasteiger partial charge in [-0.1, -0.05) is 37.1 Å². The van der Waals surface area contributed by atoms with Crippen molar-refractivity contribution in [2.75, 3.05) is 13.7 Å². The van der Waals surface area contributed by atoms with E-state index in [1.54, 1.807) is 12.7 Å². The Kier molecular flexibility index (Phi) is 7.53. The van der Waals surface area contributed by atoms with Crippen LogP contribution in [0.2, 0.25) is 0 Å². The third kappa shape index (κ3) is 5.80. The maximum Gasteiger partial charge on any atom is 0.0918 e. The third-order valence-corrected chi connectivity index (χ3v) is 4.49. The molecule has 2 nitrogen and oxygen atoms in total. The van der Waals surface area contributed by atoms with Gasteiger partial charge >= 0.3 is 0 Å². The summed E-state index contributed by atoms with van der Waals surface area (Å²) in [6, 6.07) is 0. The molecule has 2 unspecified atom stereocenters. The summed E-state index contributed by atoms with van der Waals surface area (Å²) in [6.07, 6.45) is 12.0. The lowest BCUT2D eigenvalue weighted by Gasteiger charge is -2.06. The van der Waals surface area contributed by atoms with Crippen LogP contribution in [0.5, 0.6) is 0 Å². The van der Waals surface area contributed by atoms with Gasteiger partial charge in [-0.3, -0.25) is 0 Å². The first kappa shape index (κ1) is 17.5. The average molecular weight is 280 g/mol. The fourth-order valence-electron chi connectivity index (χ4n) is 2.54. The largest absolute Gasteiger partial charge is 0.381 e. The zero-order chi connectivity index (χ0) is 15.0. The van der Waals surface area contributed by atoms with E-state index in [1.807, 2.05) is 0 Å². The molecule has 20 heavy (non-hydrogen) atoms. The zero-order valence-corrected chi connectivity index (χ0v) is 14.0. The minimum Gasteiger partial charge on any atom is -0.381 e. The van der Waals surface area contributed by atoms with Crippen LogP contribution in [0.15, 0.2) is 23.3 Å². The number of hydrogen-bond donors (Lipinski definition) is 0. The van der Waals surface area contributed by atoms with Gasteiger partial charge in [-0.25, -0.2) is 0 Å². The normalized spacial score (nSPS) is 26.9. The molecule has 1 aliphatic rings. The lowest BCUT2D eigenvalue weighted by atomic mass is 9.97. The van der Waals surface area contributed by atoms with E-state index in [-0.39, 0.29) is 5.60 Å². The summed E-state index contributed by atoms with van der Waals surface area (Å²) < 4.78 is 10.8. The average Bonchev–Trinajstić information content (AvgIpc) is 3.11. The van der Waals surface area contributed by atoms with Crippen molar-refractivity contribution in [1.29, 1.82) is 0 Å². The predicted molar refractivity (Wildman–Crippen MR) is 86.0 cm³/mol. The van der Waals surface area contributed by atoms with Crippen LogP contribution in [0, 0.1) is 0 Å². The Bertz CT molecular complexity index is 343. The smallest absolute Gasteiger partial charge is 0.0918 e. The second-order valence-corrected chi connectivity index (χ2v) is 6.07. The summed E-state index contributed by atoms with van der Waals surface area (Å²) in [6.45, 7) is 9.61. The molecular weight excluding hydrogens is 248 g/mol. The van der Waals surface area contributed by atoms with Crippen LogP contribution in [0.3, 0.4) is 0 Å². The molecule has 0 aromatic carbocycles. The Balaban J connectivity index is 2.26. The molecular formula is C18H32O2. The Morgan fingerprint density at radius 3 is 2.55 bits per heavy atom. The summed E-state index contributed by atoms with van der Waals surface area (Å²) in [5, 5.41) is 0. The van der Waals surface area contributed by atoms with Gasteiger partial charge in [0.25, 0.3) is 0 Å². The molecule has 0 spiro atoms. The standard InChI is InChI=1S/C18H32O2/c1-6-16(10-8-9-15(3)13-14-19-5)11-12-17-18(4,7-2)20-17/h10,13,17H,6-9,11-12,14H2,1-5H3/b15-13+,16-10+. The van der Waals surface area contributed by atoms with E-state index in [0.29, 0.717) is 6.10 Å². The summed E-state index contributed by atoms with van der Waals surface area (Å²) in [4.78, 5) is 0. The van der Waals surface area contributed by atoms with Crippen molar-refractivity contribution >= 4 is 0 Å². The van der Waals surface area contributed by atoms with E-state index in [2.05, 4.69) is 39.8 Å². The molecule has 1 heterocycles. The molecule has 2 heteroatoms. The lowest BCUT2D eigenvalue weighted by Crippen LogP contribution is -2.07. The molecule has 0 aromatic heterocycles. The van der Waals surface area contributed by atoms with Gasteiger partial charge in [-0.05, 0) is 52.4 Å². The first-order valence-corrected chi connectivity index (χ1v) is 8.06. The van der Waals surface area contributed by atoms with Crippen molar-refractivity contribution in [2.24, 2.45) is 0 Å². The first-order valence-electron chi connectivity index (χ1n) is 8.06. The SMILES string of the molecule is CC/C(=C\CC/C(C)=C/COC)CCC1OC1(C)CC. The fraction of sp³-hybridized carbons (Fsp3) is 0.778. The summed E-state index contributed by atoms with van der Waals surface area (Å²) in [5.74, 6) is 0. The summed E-state index contributed by atoms with van der Waals surface area (Å²) in [5.41, 5.74) is 3.18. The highest BCUT2D eigenvalue weighted by Crippen LogP contribution is 2.42. The molecule has 0 aliphatic carbocycles. The van der Waals surface area contributed by atoms with Gasteiger partial charge in [0.15, 0.2) is 0 Å². The van der Waals surface area contributed by atoms with Crippen molar-refractivity contribution < 1.29 is 9.47 Å². The zero-order valence-electron chi connectivity index (χ0n) is 14.0. The van der Waals surface area contributed by atoms with Crippen LogP contribution >= 0.6 is 0 Å². The molecule has 1 saturated heterocycles. The van der Waals surface area contributed by atoms with E-state index < -0.39 is 0 Å². The van der Waals surface area contributed by atoms with E-state index in [9.17, 15) is 0 Å². The Morgan fingerprint density at radius 2 is 2.00 bits per heavy atom. The van der Waals surface area contributed by atoms with Gasteiger partial charge in [0, 0.05) is 7.11 Å². The predicted octanol–water partition coefficient (Wildman–Crippen LogP) is 5.04. The topological polar surface area (TPSA) is 21.8 Å². The number of allylic oxidation sites excluding steroid dienone is 3. The van der Waals surface area contributed by atoms with Crippen LogP contribution in [-0.2, 0) is 9.47 Å². The number of epoxide rings is 1. The Morgan fingerprint density at radius 1 is 1.25 bits per heavy atom. The summed E-state index contributed by atoms with van der Waals surface area (Å²) >= 11 is 0. The minimum absolute atomic E-state index is 0.179. The van der Waals surface area contributed by atoms with Gasteiger partial charge in [-0.2, -0.15) is 0 Å². The maximum atomic E-state index is 5.79. The minimum atomic E-state index is 0.179. The molecule has 116 valence electrons. The van der Waals surface area contributed by atoms with Gasteiger partial charge in [-0.15, -0.1) is 0 Å². The molecule has 0 saturated carbocycles. The van der Waals surface area contributed by atoms with Crippen molar-refractivity contribution in [1.82, 2.24) is 0 Å². The molecule has 0 N–H and O–H groups in total. The summed E-state index contributed by atoms with van der Waals surface area (Å²) in [7, 11) is 1.74. The number of methoxy groups -OCH3 is 1. The van der Waals surface area contributed by atoms with Gasteiger partial charge < -0.3 is 9.47 Å².